The lowest BCUT2D eigenvalue weighted by atomic mass is 10.1. The molecule has 3 rings (SSSR count). The minimum atomic E-state index is -4.44. The first-order chi connectivity index (χ1) is 13.8. The van der Waals surface area contributed by atoms with Gasteiger partial charge in [-0.25, -0.2) is 0 Å². The zero-order valence-corrected chi connectivity index (χ0v) is 15.8. The Kier molecular flexibility index (Phi) is 5.91. The number of halogens is 3. The van der Waals surface area contributed by atoms with Crippen molar-refractivity contribution in [1.29, 1.82) is 0 Å². The van der Waals surface area contributed by atoms with Crippen molar-refractivity contribution in [1.82, 2.24) is 5.16 Å². The molecule has 1 amide bonds. The van der Waals surface area contributed by atoms with Crippen molar-refractivity contribution in [3.63, 3.8) is 0 Å². The fourth-order valence-corrected chi connectivity index (χ4v) is 2.65. The van der Waals surface area contributed by atoms with Crippen molar-refractivity contribution in [3.8, 4) is 5.75 Å². The number of hydrogen-bond donors (Lipinski definition) is 1. The van der Waals surface area contributed by atoms with Gasteiger partial charge in [0.1, 0.15) is 18.1 Å². The topological polar surface area (TPSA) is 64.4 Å². The highest BCUT2D eigenvalue weighted by molar-refractivity contribution is 6.03. The van der Waals surface area contributed by atoms with Gasteiger partial charge in [0.05, 0.1) is 11.1 Å². The Morgan fingerprint density at radius 3 is 2.34 bits per heavy atom. The third-order valence-corrected chi connectivity index (χ3v) is 4.38. The highest BCUT2D eigenvalue weighted by Gasteiger charge is 2.30. The highest BCUT2D eigenvalue weighted by atomic mass is 19.4. The molecule has 0 unspecified atom stereocenters. The molecule has 152 valence electrons. The maximum absolute atomic E-state index is 12.6. The number of amides is 1. The molecule has 0 saturated heterocycles. The van der Waals surface area contributed by atoms with Crippen molar-refractivity contribution in [2.75, 3.05) is 5.32 Å². The van der Waals surface area contributed by atoms with Gasteiger partial charge in [-0.15, -0.1) is 0 Å². The average molecular weight is 404 g/mol. The minimum Gasteiger partial charge on any atom is -0.489 e. The van der Waals surface area contributed by atoms with Crippen molar-refractivity contribution in [3.05, 3.63) is 76.7 Å². The second kappa shape index (κ2) is 8.38. The Balaban J connectivity index is 1.69. The first kappa shape index (κ1) is 20.4. The SMILES string of the molecule is CCc1ccc(OCc2c(C(=O)Nc3ccc(C(F)(F)F)cc3)noc2C)cc1. The van der Waals surface area contributed by atoms with Crippen molar-refractivity contribution >= 4 is 11.6 Å². The summed E-state index contributed by atoms with van der Waals surface area (Å²) < 4.78 is 48.8. The molecule has 0 aliphatic rings. The fraction of sp³-hybridized carbons (Fsp3) is 0.238. The molecular weight excluding hydrogens is 385 g/mol. The van der Waals surface area contributed by atoms with Crippen LogP contribution >= 0.6 is 0 Å². The molecule has 0 bridgehead atoms. The van der Waals surface area contributed by atoms with Gasteiger partial charge in [0, 0.05) is 5.69 Å². The number of nitrogens with zero attached hydrogens (tertiary/aromatic N) is 1. The van der Waals surface area contributed by atoms with E-state index in [1.54, 1.807) is 6.92 Å². The number of benzene rings is 2. The highest BCUT2D eigenvalue weighted by Crippen LogP contribution is 2.30. The minimum absolute atomic E-state index is 0.0209. The molecule has 1 aromatic heterocycles. The molecule has 29 heavy (non-hydrogen) atoms. The standard InChI is InChI=1S/C21H19F3N2O3/c1-3-14-4-10-17(11-5-14)28-12-18-13(2)29-26-19(18)20(27)25-16-8-6-15(7-9-16)21(22,23)24/h4-11H,3,12H2,1-2H3,(H,25,27). The van der Waals surface area contributed by atoms with Crippen LogP contribution in [0, 0.1) is 6.92 Å². The second-order valence-corrected chi connectivity index (χ2v) is 6.38. The summed E-state index contributed by atoms with van der Waals surface area (Å²) in [5, 5.41) is 6.28. The molecule has 0 aliphatic carbocycles. The zero-order valence-electron chi connectivity index (χ0n) is 15.8. The fourth-order valence-electron chi connectivity index (χ4n) is 2.65. The predicted molar refractivity (Wildman–Crippen MR) is 101 cm³/mol. The van der Waals surface area contributed by atoms with Crippen molar-refractivity contribution in [2.45, 2.75) is 33.1 Å². The maximum Gasteiger partial charge on any atom is 0.416 e. The Hall–Kier alpha value is -3.29. The van der Waals surface area contributed by atoms with Crippen LogP contribution in [0.1, 0.15) is 39.9 Å². The average Bonchev–Trinajstić information content (AvgIpc) is 3.07. The molecule has 3 aromatic rings. The Bertz CT molecular complexity index is 978. The third kappa shape index (κ3) is 4.96. The Labute approximate surface area is 165 Å². The maximum atomic E-state index is 12.6. The van der Waals surface area contributed by atoms with E-state index < -0.39 is 17.6 Å². The molecule has 2 aromatic carbocycles. The molecule has 0 aliphatic heterocycles. The van der Waals surface area contributed by atoms with E-state index >= 15 is 0 Å². The lowest BCUT2D eigenvalue weighted by Gasteiger charge is -2.09. The second-order valence-electron chi connectivity index (χ2n) is 6.38. The summed E-state index contributed by atoms with van der Waals surface area (Å²) >= 11 is 0. The van der Waals surface area contributed by atoms with E-state index in [9.17, 15) is 18.0 Å². The van der Waals surface area contributed by atoms with E-state index in [1.165, 1.54) is 17.7 Å². The molecule has 0 spiro atoms. The van der Waals surface area contributed by atoms with Crippen LogP contribution in [-0.2, 0) is 19.2 Å². The Morgan fingerprint density at radius 2 is 1.76 bits per heavy atom. The van der Waals surface area contributed by atoms with Gasteiger partial charge >= 0.3 is 6.18 Å². The van der Waals surface area contributed by atoms with E-state index in [1.807, 2.05) is 24.3 Å². The largest absolute Gasteiger partial charge is 0.489 e. The Morgan fingerprint density at radius 1 is 1.10 bits per heavy atom. The number of ether oxygens (including phenoxy) is 1. The summed E-state index contributed by atoms with van der Waals surface area (Å²) in [6.07, 6.45) is -3.52. The lowest BCUT2D eigenvalue weighted by Crippen LogP contribution is -2.15. The number of anilines is 1. The van der Waals surface area contributed by atoms with Gasteiger partial charge in [0.15, 0.2) is 5.69 Å². The summed E-state index contributed by atoms with van der Waals surface area (Å²) in [4.78, 5) is 12.5. The smallest absolute Gasteiger partial charge is 0.416 e. The van der Waals surface area contributed by atoms with E-state index in [0.29, 0.717) is 17.1 Å². The van der Waals surface area contributed by atoms with Gasteiger partial charge in [-0.2, -0.15) is 13.2 Å². The number of aromatic nitrogens is 1. The van der Waals surface area contributed by atoms with Gasteiger partial charge < -0.3 is 14.6 Å². The van der Waals surface area contributed by atoms with Crippen LogP contribution < -0.4 is 10.1 Å². The number of rotatable bonds is 6. The molecular formula is C21H19F3N2O3. The van der Waals surface area contributed by atoms with E-state index in [-0.39, 0.29) is 18.0 Å². The molecule has 8 heteroatoms. The van der Waals surface area contributed by atoms with Crippen LogP contribution in [0.3, 0.4) is 0 Å². The zero-order chi connectivity index (χ0) is 21.0. The summed E-state index contributed by atoms with van der Waals surface area (Å²) in [6.45, 7) is 3.77. The van der Waals surface area contributed by atoms with Gasteiger partial charge in [-0.3, -0.25) is 4.79 Å². The van der Waals surface area contributed by atoms with Crippen LogP contribution in [0.25, 0.3) is 0 Å². The quantitative estimate of drug-likeness (QED) is 0.598. The van der Waals surface area contributed by atoms with Crippen LogP contribution in [0.5, 0.6) is 5.75 Å². The van der Waals surface area contributed by atoms with E-state index in [0.717, 1.165) is 18.6 Å². The first-order valence-electron chi connectivity index (χ1n) is 8.93. The van der Waals surface area contributed by atoms with Gasteiger partial charge in [-0.05, 0) is 55.3 Å². The number of carbonyl (C=O) groups is 1. The van der Waals surface area contributed by atoms with E-state index in [2.05, 4.69) is 17.4 Å². The van der Waals surface area contributed by atoms with Crippen LogP contribution in [-0.4, -0.2) is 11.1 Å². The van der Waals surface area contributed by atoms with Crippen molar-refractivity contribution < 1.29 is 27.2 Å². The number of alkyl halides is 3. The lowest BCUT2D eigenvalue weighted by molar-refractivity contribution is -0.137. The van der Waals surface area contributed by atoms with Gasteiger partial charge in [0.25, 0.3) is 5.91 Å². The summed E-state index contributed by atoms with van der Waals surface area (Å²) in [5.74, 6) is 0.464. The molecule has 0 saturated carbocycles. The van der Waals surface area contributed by atoms with Gasteiger partial charge in [0.2, 0.25) is 0 Å². The number of carbonyl (C=O) groups excluding carboxylic acids is 1. The molecule has 1 N–H and O–H groups in total. The van der Waals surface area contributed by atoms with E-state index in [4.69, 9.17) is 9.26 Å². The number of aryl methyl sites for hydroxylation is 2. The summed E-state index contributed by atoms with van der Waals surface area (Å²) in [5.41, 5.74) is 1.08. The normalized spacial score (nSPS) is 11.3. The van der Waals surface area contributed by atoms with Crippen molar-refractivity contribution in [2.24, 2.45) is 0 Å². The molecule has 0 radical (unpaired) electrons. The van der Waals surface area contributed by atoms with Crippen LogP contribution in [0.4, 0.5) is 18.9 Å². The molecule has 5 nitrogen and oxygen atoms in total. The monoisotopic (exact) mass is 404 g/mol. The molecule has 0 fully saturated rings. The third-order valence-electron chi connectivity index (χ3n) is 4.38. The first-order valence-corrected chi connectivity index (χ1v) is 8.93. The van der Waals surface area contributed by atoms with Crippen LogP contribution in [0.2, 0.25) is 0 Å². The summed E-state index contributed by atoms with van der Waals surface area (Å²) in [7, 11) is 0. The number of nitrogens with one attached hydrogen (secondary N) is 1. The summed E-state index contributed by atoms with van der Waals surface area (Å²) in [6, 6.07) is 11.7. The molecule has 1 heterocycles. The number of hydrogen-bond acceptors (Lipinski definition) is 4. The predicted octanol–water partition coefficient (Wildman–Crippen LogP) is 5.40. The molecule has 0 atom stereocenters. The van der Waals surface area contributed by atoms with Gasteiger partial charge in [-0.1, -0.05) is 24.2 Å². The van der Waals surface area contributed by atoms with Crippen LogP contribution in [0.15, 0.2) is 53.1 Å².